The Labute approximate surface area is 84.6 Å². The highest BCUT2D eigenvalue weighted by Gasteiger charge is 2.18. The minimum absolute atomic E-state index is 0.410. The number of rotatable bonds is 3. The van der Waals surface area contributed by atoms with E-state index < -0.39 is 0 Å². The molecule has 0 atom stereocenters. The maximum atomic E-state index is 5.53. The molecule has 0 radical (unpaired) electrons. The van der Waals surface area contributed by atoms with E-state index in [1.54, 1.807) is 22.8 Å². The highest BCUT2D eigenvalue weighted by molar-refractivity contribution is 7.98. The van der Waals surface area contributed by atoms with Crippen molar-refractivity contribution in [1.29, 1.82) is 0 Å². The summed E-state index contributed by atoms with van der Waals surface area (Å²) in [6.45, 7) is 0.410. The first kappa shape index (κ1) is 8.77. The molecule has 0 saturated carbocycles. The Kier molecular flexibility index (Phi) is 2.65. The van der Waals surface area contributed by atoms with Crippen LogP contribution in [0.25, 0.3) is 0 Å². The SMILES string of the molecule is ClCSN1COC(c2ccco2)=N1. The normalized spacial score (nSPS) is 15.8. The number of furan rings is 1. The van der Waals surface area contributed by atoms with Crippen molar-refractivity contribution in [2.45, 2.75) is 0 Å². The third-order valence-electron chi connectivity index (χ3n) is 1.44. The Balaban J connectivity index is 2.06. The van der Waals surface area contributed by atoms with Crippen molar-refractivity contribution in [1.82, 2.24) is 4.41 Å². The summed E-state index contributed by atoms with van der Waals surface area (Å²) in [7, 11) is 0. The summed E-state index contributed by atoms with van der Waals surface area (Å²) in [4.78, 5) is 0. The second kappa shape index (κ2) is 3.93. The first-order chi connectivity index (χ1) is 6.40. The Morgan fingerprint density at radius 2 is 2.62 bits per heavy atom. The van der Waals surface area contributed by atoms with E-state index in [4.69, 9.17) is 20.8 Å². The average Bonchev–Trinajstić information content (AvgIpc) is 2.70. The highest BCUT2D eigenvalue weighted by atomic mass is 35.5. The van der Waals surface area contributed by atoms with E-state index in [-0.39, 0.29) is 0 Å². The van der Waals surface area contributed by atoms with Crippen LogP contribution in [0.15, 0.2) is 27.9 Å². The molecule has 1 aromatic rings. The summed E-state index contributed by atoms with van der Waals surface area (Å²) in [6.07, 6.45) is 1.58. The first-order valence-corrected chi connectivity index (χ1v) is 5.09. The lowest BCUT2D eigenvalue weighted by atomic mass is 10.4. The summed E-state index contributed by atoms with van der Waals surface area (Å²) in [5.41, 5.74) is 0. The standard InChI is InChI=1S/C7H7ClN2O2S/c8-4-13-10-5-12-7(9-10)6-2-1-3-11-6/h1-3H,4-5H2. The number of ether oxygens (including phenoxy) is 1. The molecular formula is C7H7ClN2O2S. The molecule has 0 amide bonds. The van der Waals surface area contributed by atoms with E-state index in [1.165, 1.54) is 11.9 Å². The predicted molar refractivity (Wildman–Crippen MR) is 51.3 cm³/mol. The molecule has 0 N–H and O–H groups in total. The summed E-state index contributed by atoms with van der Waals surface area (Å²) in [5, 5.41) is 4.59. The molecule has 1 aromatic heterocycles. The number of halogens is 1. The molecular weight excluding hydrogens is 212 g/mol. The molecule has 0 fully saturated rings. The molecule has 4 nitrogen and oxygen atoms in total. The van der Waals surface area contributed by atoms with Crippen LogP contribution in [0.5, 0.6) is 0 Å². The number of nitrogens with zero attached hydrogens (tertiary/aromatic N) is 2. The fourth-order valence-electron chi connectivity index (χ4n) is 0.919. The van der Waals surface area contributed by atoms with E-state index in [1.807, 2.05) is 0 Å². The van der Waals surface area contributed by atoms with E-state index in [0.29, 0.717) is 23.6 Å². The van der Waals surface area contributed by atoms with Gasteiger partial charge in [-0.05, 0) is 24.1 Å². The third-order valence-corrected chi connectivity index (χ3v) is 2.32. The maximum absolute atomic E-state index is 5.53. The summed E-state index contributed by atoms with van der Waals surface area (Å²) in [6, 6.07) is 3.59. The third kappa shape index (κ3) is 1.92. The van der Waals surface area contributed by atoms with Crippen LogP contribution in [-0.2, 0) is 4.74 Å². The van der Waals surface area contributed by atoms with Gasteiger partial charge in [-0.2, -0.15) is 4.41 Å². The Morgan fingerprint density at radius 3 is 3.31 bits per heavy atom. The molecule has 2 rings (SSSR count). The minimum Gasteiger partial charge on any atom is -0.459 e. The molecule has 1 aliphatic heterocycles. The van der Waals surface area contributed by atoms with Gasteiger partial charge in [0, 0.05) is 0 Å². The van der Waals surface area contributed by atoms with Gasteiger partial charge < -0.3 is 9.15 Å². The molecule has 1 aliphatic rings. The zero-order valence-electron chi connectivity index (χ0n) is 6.64. The lowest BCUT2D eigenvalue weighted by Crippen LogP contribution is -2.04. The predicted octanol–water partition coefficient (Wildman–Crippen LogP) is 2.08. The molecule has 0 aliphatic carbocycles. The van der Waals surface area contributed by atoms with Gasteiger partial charge >= 0.3 is 0 Å². The van der Waals surface area contributed by atoms with Crippen molar-refractivity contribution < 1.29 is 9.15 Å². The van der Waals surface area contributed by atoms with Crippen LogP contribution in [0.1, 0.15) is 5.76 Å². The van der Waals surface area contributed by atoms with Crippen molar-refractivity contribution >= 4 is 29.4 Å². The average molecular weight is 219 g/mol. The van der Waals surface area contributed by atoms with E-state index in [0.717, 1.165) is 0 Å². The van der Waals surface area contributed by atoms with Crippen molar-refractivity contribution in [3.63, 3.8) is 0 Å². The summed E-state index contributed by atoms with van der Waals surface area (Å²) in [5.74, 6) is 1.14. The lowest BCUT2D eigenvalue weighted by molar-refractivity contribution is 0.253. The molecule has 0 bridgehead atoms. The van der Waals surface area contributed by atoms with Crippen molar-refractivity contribution in [3.05, 3.63) is 24.2 Å². The van der Waals surface area contributed by atoms with Gasteiger partial charge in [0.2, 0.25) is 0 Å². The summed E-state index contributed by atoms with van der Waals surface area (Å²) >= 11 is 6.91. The topological polar surface area (TPSA) is 38.0 Å². The molecule has 6 heteroatoms. The molecule has 0 saturated heterocycles. The van der Waals surface area contributed by atoms with Crippen LogP contribution < -0.4 is 0 Å². The monoisotopic (exact) mass is 218 g/mol. The fourth-order valence-corrected chi connectivity index (χ4v) is 1.63. The largest absolute Gasteiger partial charge is 0.459 e. The van der Waals surface area contributed by atoms with Crippen LogP contribution in [0.3, 0.4) is 0 Å². The van der Waals surface area contributed by atoms with Gasteiger partial charge in [0.25, 0.3) is 5.90 Å². The maximum Gasteiger partial charge on any atom is 0.277 e. The number of hydrogen-bond donors (Lipinski definition) is 0. The number of hydrogen-bond acceptors (Lipinski definition) is 5. The zero-order chi connectivity index (χ0) is 9.10. The molecule has 0 spiro atoms. The number of alkyl halides is 1. The Morgan fingerprint density at radius 1 is 1.69 bits per heavy atom. The van der Waals surface area contributed by atoms with Gasteiger partial charge in [0.15, 0.2) is 12.5 Å². The minimum atomic E-state index is 0.410. The second-order valence-electron chi connectivity index (χ2n) is 2.25. The second-order valence-corrected chi connectivity index (χ2v) is 3.80. The summed E-state index contributed by atoms with van der Waals surface area (Å²) < 4.78 is 12.1. The van der Waals surface area contributed by atoms with E-state index in [2.05, 4.69) is 5.10 Å². The van der Waals surface area contributed by atoms with Crippen LogP contribution in [0.4, 0.5) is 0 Å². The van der Waals surface area contributed by atoms with E-state index >= 15 is 0 Å². The van der Waals surface area contributed by atoms with Gasteiger partial charge in [0.1, 0.15) is 0 Å². The quantitative estimate of drug-likeness (QED) is 0.575. The zero-order valence-corrected chi connectivity index (χ0v) is 8.22. The van der Waals surface area contributed by atoms with Crippen LogP contribution in [-0.4, -0.2) is 22.3 Å². The van der Waals surface area contributed by atoms with E-state index in [9.17, 15) is 0 Å². The van der Waals surface area contributed by atoms with Gasteiger partial charge in [-0.25, -0.2) is 0 Å². The molecule has 70 valence electrons. The smallest absolute Gasteiger partial charge is 0.277 e. The van der Waals surface area contributed by atoms with Gasteiger partial charge in [-0.1, -0.05) is 0 Å². The van der Waals surface area contributed by atoms with Gasteiger partial charge in [-0.15, -0.1) is 16.7 Å². The molecule has 0 unspecified atom stereocenters. The van der Waals surface area contributed by atoms with Crippen LogP contribution in [0, 0.1) is 0 Å². The molecule has 13 heavy (non-hydrogen) atoms. The van der Waals surface area contributed by atoms with Crippen LogP contribution >= 0.6 is 23.5 Å². The molecule has 0 aromatic carbocycles. The van der Waals surface area contributed by atoms with Crippen molar-refractivity contribution in [2.75, 3.05) is 11.9 Å². The van der Waals surface area contributed by atoms with Gasteiger partial charge in [0.05, 0.1) is 11.5 Å². The van der Waals surface area contributed by atoms with Crippen molar-refractivity contribution in [2.24, 2.45) is 5.10 Å². The Bertz CT molecular complexity index is 301. The van der Waals surface area contributed by atoms with Crippen LogP contribution in [0.2, 0.25) is 0 Å². The lowest BCUT2D eigenvalue weighted by Gasteiger charge is -2.04. The highest BCUT2D eigenvalue weighted by Crippen LogP contribution is 2.19. The molecule has 2 heterocycles. The fraction of sp³-hybridized carbons (Fsp3) is 0.286. The first-order valence-electron chi connectivity index (χ1n) is 3.62. The Hall–Kier alpha value is -0.810. The van der Waals surface area contributed by atoms with Gasteiger partial charge in [-0.3, -0.25) is 0 Å². The number of hydrazone groups is 1. The van der Waals surface area contributed by atoms with Crippen molar-refractivity contribution in [3.8, 4) is 0 Å².